The first-order chi connectivity index (χ1) is 12.6. The predicted octanol–water partition coefficient (Wildman–Crippen LogP) is 8.00. The Morgan fingerprint density at radius 3 is 1.92 bits per heavy atom. The average molecular weight is 367 g/mol. The number of ether oxygens (including phenoxy) is 1. The van der Waals surface area contributed by atoms with Crippen LogP contribution in [0.5, 0.6) is 0 Å². The second kappa shape index (κ2) is 19.0. The molecule has 0 aliphatic rings. The average Bonchev–Trinajstić information content (AvgIpc) is 2.59. The van der Waals surface area contributed by atoms with Gasteiger partial charge in [0.2, 0.25) is 0 Å². The lowest BCUT2D eigenvalue weighted by Gasteiger charge is -2.10. The van der Waals surface area contributed by atoms with Crippen LogP contribution in [0, 0.1) is 5.92 Å². The molecule has 0 saturated carbocycles. The summed E-state index contributed by atoms with van der Waals surface area (Å²) in [4.78, 5) is 11.8. The number of allylic oxidation sites excluding steroid dienone is 2. The van der Waals surface area contributed by atoms with Gasteiger partial charge in [-0.25, -0.2) is 0 Å². The van der Waals surface area contributed by atoms with E-state index < -0.39 is 0 Å². The molecule has 0 N–H and O–H groups in total. The number of hydrogen-bond acceptors (Lipinski definition) is 2. The summed E-state index contributed by atoms with van der Waals surface area (Å²) < 4.78 is 5.38. The van der Waals surface area contributed by atoms with E-state index in [4.69, 9.17) is 4.74 Å². The zero-order chi connectivity index (χ0) is 19.5. The first-order valence-electron chi connectivity index (χ1n) is 11.3. The largest absolute Gasteiger partial charge is 0.466 e. The number of unbranched alkanes of at least 4 members (excludes halogenated alkanes) is 10. The molecule has 0 aliphatic heterocycles. The Balaban J connectivity index is 3.33. The van der Waals surface area contributed by atoms with Crippen LogP contribution in [0.15, 0.2) is 11.6 Å². The minimum Gasteiger partial charge on any atom is -0.466 e. The highest BCUT2D eigenvalue weighted by molar-refractivity contribution is 5.69. The van der Waals surface area contributed by atoms with Crippen molar-refractivity contribution in [3.63, 3.8) is 0 Å². The maximum Gasteiger partial charge on any atom is 0.305 e. The lowest BCUT2D eigenvalue weighted by atomic mass is 10.0. The Bertz CT molecular complexity index is 342. The van der Waals surface area contributed by atoms with Gasteiger partial charge in [-0.3, -0.25) is 4.79 Å². The van der Waals surface area contributed by atoms with E-state index in [1.54, 1.807) is 0 Å². The molecule has 0 aromatic heterocycles. The van der Waals surface area contributed by atoms with Crippen LogP contribution in [0.4, 0.5) is 0 Å². The zero-order valence-corrected chi connectivity index (χ0v) is 18.3. The van der Waals surface area contributed by atoms with Crippen LogP contribution in [0.3, 0.4) is 0 Å². The van der Waals surface area contributed by atoms with E-state index in [9.17, 15) is 4.79 Å². The molecule has 0 radical (unpaired) electrons. The van der Waals surface area contributed by atoms with Crippen LogP contribution >= 0.6 is 0 Å². The molecule has 0 aliphatic carbocycles. The van der Waals surface area contributed by atoms with Gasteiger partial charge in [0.25, 0.3) is 0 Å². The summed E-state index contributed by atoms with van der Waals surface area (Å²) >= 11 is 0. The molecule has 0 heterocycles. The third-order valence-corrected chi connectivity index (χ3v) is 5.07. The first kappa shape index (κ1) is 25.2. The minimum absolute atomic E-state index is 0.00239. The number of rotatable bonds is 18. The molecule has 0 aromatic carbocycles. The molecule has 0 saturated heterocycles. The minimum atomic E-state index is -0.00239. The fourth-order valence-electron chi connectivity index (χ4n) is 3.18. The van der Waals surface area contributed by atoms with Crippen molar-refractivity contribution in [2.45, 2.75) is 124 Å². The third kappa shape index (κ3) is 19.5. The van der Waals surface area contributed by atoms with Crippen molar-refractivity contribution in [2.24, 2.45) is 5.92 Å². The van der Waals surface area contributed by atoms with Crippen LogP contribution in [0.1, 0.15) is 124 Å². The summed E-state index contributed by atoms with van der Waals surface area (Å²) in [5.41, 5.74) is 1.38. The lowest BCUT2D eigenvalue weighted by Crippen LogP contribution is -2.08. The van der Waals surface area contributed by atoms with Gasteiger partial charge in [0.15, 0.2) is 0 Å². The molecule has 2 nitrogen and oxygen atoms in total. The second-order valence-corrected chi connectivity index (χ2v) is 8.26. The summed E-state index contributed by atoms with van der Waals surface area (Å²) in [6, 6.07) is 0. The summed E-state index contributed by atoms with van der Waals surface area (Å²) in [6.45, 7) is 9.38. The van der Waals surface area contributed by atoms with Gasteiger partial charge in [-0.1, -0.05) is 89.7 Å². The maximum atomic E-state index is 11.8. The SMILES string of the molecule is CCCCCCCCCCCCCC(=O)OCCC(C)CCC=C(C)C. The van der Waals surface area contributed by atoms with Gasteiger partial charge in [-0.2, -0.15) is 0 Å². The molecule has 26 heavy (non-hydrogen) atoms. The highest BCUT2D eigenvalue weighted by atomic mass is 16.5. The quantitative estimate of drug-likeness (QED) is 0.139. The molecule has 2 heteroatoms. The van der Waals surface area contributed by atoms with Crippen LogP contribution in [-0.4, -0.2) is 12.6 Å². The first-order valence-corrected chi connectivity index (χ1v) is 11.3. The molecule has 0 bridgehead atoms. The Kier molecular flexibility index (Phi) is 18.4. The zero-order valence-electron chi connectivity index (χ0n) is 18.3. The Labute approximate surface area is 164 Å². The fourth-order valence-corrected chi connectivity index (χ4v) is 3.18. The fraction of sp³-hybridized carbons (Fsp3) is 0.875. The molecule has 0 rings (SSSR count). The van der Waals surface area contributed by atoms with Crippen molar-refractivity contribution in [1.29, 1.82) is 0 Å². The highest BCUT2D eigenvalue weighted by Gasteiger charge is 2.05. The van der Waals surface area contributed by atoms with E-state index in [1.165, 1.54) is 76.2 Å². The summed E-state index contributed by atoms with van der Waals surface area (Å²) in [5, 5.41) is 0. The standard InChI is InChI=1S/C24H46O2/c1-5-6-7-8-9-10-11-12-13-14-15-19-24(25)26-21-20-23(4)18-16-17-22(2)3/h17,23H,5-16,18-21H2,1-4H3. The monoisotopic (exact) mass is 366 g/mol. The van der Waals surface area contributed by atoms with E-state index in [2.05, 4.69) is 33.8 Å². The van der Waals surface area contributed by atoms with Crippen molar-refractivity contribution in [3.8, 4) is 0 Å². The smallest absolute Gasteiger partial charge is 0.305 e. The summed E-state index contributed by atoms with van der Waals surface area (Å²) in [5.74, 6) is 0.623. The molecule has 0 fully saturated rings. The van der Waals surface area contributed by atoms with Gasteiger partial charge in [0.05, 0.1) is 6.61 Å². The lowest BCUT2D eigenvalue weighted by molar-refractivity contribution is -0.144. The van der Waals surface area contributed by atoms with Crippen LogP contribution < -0.4 is 0 Å². The van der Waals surface area contributed by atoms with Crippen molar-refractivity contribution in [2.75, 3.05) is 6.61 Å². The van der Waals surface area contributed by atoms with Crippen molar-refractivity contribution in [3.05, 3.63) is 11.6 Å². The Hall–Kier alpha value is -0.790. The van der Waals surface area contributed by atoms with Gasteiger partial charge in [-0.15, -0.1) is 0 Å². The third-order valence-electron chi connectivity index (χ3n) is 5.07. The molecule has 1 atom stereocenters. The number of carbonyl (C=O) groups is 1. The highest BCUT2D eigenvalue weighted by Crippen LogP contribution is 2.14. The second-order valence-electron chi connectivity index (χ2n) is 8.26. The van der Waals surface area contributed by atoms with Gasteiger partial charge in [0.1, 0.15) is 0 Å². The van der Waals surface area contributed by atoms with E-state index in [0.717, 1.165) is 19.3 Å². The van der Waals surface area contributed by atoms with E-state index in [-0.39, 0.29) is 5.97 Å². The van der Waals surface area contributed by atoms with Gasteiger partial charge < -0.3 is 4.74 Å². The molecule has 154 valence electrons. The molecular formula is C24H46O2. The van der Waals surface area contributed by atoms with Crippen LogP contribution in [-0.2, 0) is 9.53 Å². The van der Waals surface area contributed by atoms with Crippen LogP contribution in [0.2, 0.25) is 0 Å². The molecule has 0 spiro atoms. The molecule has 1 unspecified atom stereocenters. The summed E-state index contributed by atoms with van der Waals surface area (Å²) in [6.07, 6.45) is 20.6. The summed E-state index contributed by atoms with van der Waals surface area (Å²) in [7, 11) is 0. The van der Waals surface area contributed by atoms with E-state index in [0.29, 0.717) is 18.9 Å². The van der Waals surface area contributed by atoms with Crippen molar-refractivity contribution in [1.82, 2.24) is 0 Å². The number of esters is 1. The topological polar surface area (TPSA) is 26.3 Å². The van der Waals surface area contributed by atoms with E-state index in [1.807, 2.05) is 0 Å². The predicted molar refractivity (Wildman–Crippen MR) is 114 cm³/mol. The van der Waals surface area contributed by atoms with Crippen molar-refractivity contribution >= 4 is 5.97 Å². The van der Waals surface area contributed by atoms with Gasteiger partial charge >= 0.3 is 5.97 Å². The Morgan fingerprint density at radius 1 is 0.846 bits per heavy atom. The van der Waals surface area contributed by atoms with Gasteiger partial charge in [0, 0.05) is 6.42 Å². The molecule has 0 aromatic rings. The molecular weight excluding hydrogens is 320 g/mol. The van der Waals surface area contributed by atoms with Crippen molar-refractivity contribution < 1.29 is 9.53 Å². The number of carbonyl (C=O) groups excluding carboxylic acids is 1. The van der Waals surface area contributed by atoms with Gasteiger partial charge in [-0.05, 0) is 45.4 Å². The Morgan fingerprint density at radius 2 is 1.38 bits per heavy atom. The normalized spacial score (nSPS) is 12.0. The van der Waals surface area contributed by atoms with Crippen LogP contribution in [0.25, 0.3) is 0 Å². The van der Waals surface area contributed by atoms with E-state index >= 15 is 0 Å². The number of hydrogen-bond donors (Lipinski definition) is 0. The molecule has 0 amide bonds. The maximum absolute atomic E-state index is 11.8.